The lowest BCUT2D eigenvalue weighted by atomic mass is 10.2. The molecule has 0 radical (unpaired) electrons. The van der Waals surface area contributed by atoms with Crippen LogP contribution in [0.2, 0.25) is 5.02 Å². The van der Waals surface area contributed by atoms with E-state index in [9.17, 15) is 9.18 Å². The monoisotopic (exact) mass is 258 g/mol. The van der Waals surface area contributed by atoms with Gasteiger partial charge in [-0.05, 0) is 24.6 Å². The molecule has 1 atom stereocenters. The Kier molecular flexibility index (Phi) is 3.81. The quantitative estimate of drug-likeness (QED) is 0.856. The molecule has 1 aromatic rings. The molecule has 0 aromatic heterocycles. The zero-order valence-corrected chi connectivity index (χ0v) is 9.76. The Morgan fingerprint density at radius 2 is 2.35 bits per heavy atom. The summed E-state index contributed by atoms with van der Waals surface area (Å²) in [5.41, 5.74) is 0.103. The highest BCUT2D eigenvalue weighted by molar-refractivity contribution is 6.30. The van der Waals surface area contributed by atoms with Gasteiger partial charge in [-0.3, -0.25) is 0 Å². The standard InChI is InChI=1S/C11H12ClFN2O2/c12-7-1-2-10(9(13)5-7)15-11(16)14-8-3-4-17-6-8/h1-2,5,8H,3-4,6H2,(H2,14,15,16). The van der Waals surface area contributed by atoms with Crippen molar-refractivity contribution in [3.63, 3.8) is 0 Å². The highest BCUT2D eigenvalue weighted by Gasteiger charge is 2.18. The third-order valence-corrected chi connectivity index (χ3v) is 2.68. The van der Waals surface area contributed by atoms with E-state index in [2.05, 4.69) is 10.6 Å². The van der Waals surface area contributed by atoms with E-state index in [0.29, 0.717) is 13.2 Å². The van der Waals surface area contributed by atoms with Gasteiger partial charge in [-0.1, -0.05) is 11.6 Å². The summed E-state index contributed by atoms with van der Waals surface area (Å²) in [5, 5.41) is 5.41. The molecule has 0 spiro atoms. The van der Waals surface area contributed by atoms with Crippen LogP contribution in [0.3, 0.4) is 0 Å². The maximum Gasteiger partial charge on any atom is 0.319 e. The number of halogens is 2. The minimum atomic E-state index is -0.560. The van der Waals surface area contributed by atoms with Gasteiger partial charge in [0.2, 0.25) is 0 Å². The van der Waals surface area contributed by atoms with Crippen LogP contribution in [-0.4, -0.2) is 25.3 Å². The van der Waals surface area contributed by atoms with E-state index >= 15 is 0 Å². The Labute approximate surface area is 103 Å². The van der Waals surface area contributed by atoms with E-state index in [1.54, 1.807) is 0 Å². The van der Waals surface area contributed by atoms with Crippen molar-refractivity contribution in [2.24, 2.45) is 0 Å². The van der Waals surface area contributed by atoms with Gasteiger partial charge in [0.1, 0.15) is 5.82 Å². The van der Waals surface area contributed by atoms with Crippen LogP contribution in [-0.2, 0) is 4.74 Å². The number of rotatable bonds is 2. The summed E-state index contributed by atoms with van der Waals surface area (Å²) in [6.45, 7) is 1.14. The SMILES string of the molecule is O=C(Nc1ccc(Cl)cc1F)NC1CCOC1. The van der Waals surface area contributed by atoms with Crippen molar-refractivity contribution in [3.8, 4) is 0 Å². The van der Waals surface area contributed by atoms with Crippen LogP contribution >= 0.6 is 11.6 Å². The number of hydrogen-bond donors (Lipinski definition) is 2. The topological polar surface area (TPSA) is 50.4 Å². The number of nitrogens with one attached hydrogen (secondary N) is 2. The molecule has 1 aromatic carbocycles. The maximum atomic E-state index is 13.4. The minimum absolute atomic E-state index is 0.00892. The molecule has 4 nitrogen and oxygen atoms in total. The Morgan fingerprint density at radius 1 is 1.53 bits per heavy atom. The van der Waals surface area contributed by atoms with Crippen molar-refractivity contribution >= 4 is 23.3 Å². The summed E-state index contributed by atoms with van der Waals surface area (Å²) < 4.78 is 18.5. The smallest absolute Gasteiger partial charge is 0.319 e. The molecule has 2 rings (SSSR count). The molecule has 1 aliphatic heterocycles. The number of hydrogen-bond acceptors (Lipinski definition) is 2. The van der Waals surface area contributed by atoms with Gasteiger partial charge in [-0.25, -0.2) is 9.18 Å². The predicted molar refractivity (Wildman–Crippen MR) is 62.8 cm³/mol. The van der Waals surface area contributed by atoms with Crippen molar-refractivity contribution in [1.29, 1.82) is 0 Å². The predicted octanol–water partition coefficient (Wildman–Crippen LogP) is 2.39. The summed E-state index contributed by atoms with van der Waals surface area (Å²) in [6, 6.07) is 3.63. The number of carbonyl (C=O) groups is 1. The van der Waals surface area contributed by atoms with Gasteiger partial charge < -0.3 is 15.4 Å². The number of ether oxygens (including phenoxy) is 1. The molecule has 92 valence electrons. The maximum absolute atomic E-state index is 13.4. The normalized spacial score (nSPS) is 19.1. The van der Waals surface area contributed by atoms with Crippen molar-refractivity contribution in [3.05, 3.63) is 29.0 Å². The van der Waals surface area contributed by atoms with Crippen molar-refractivity contribution in [2.45, 2.75) is 12.5 Å². The molecule has 17 heavy (non-hydrogen) atoms. The molecular weight excluding hydrogens is 247 g/mol. The van der Waals surface area contributed by atoms with Gasteiger partial charge in [0.25, 0.3) is 0 Å². The fourth-order valence-electron chi connectivity index (χ4n) is 1.58. The Bertz CT molecular complexity index is 422. The molecule has 0 bridgehead atoms. The van der Waals surface area contributed by atoms with Crippen LogP contribution in [0, 0.1) is 5.82 Å². The van der Waals surface area contributed by atoms with Crippen LogP contribution in [0.25, 0.3) is 0 Å². The minimum Gasteiger partial charge on any atom is -0.379 e. The third kappa shape index (κ3) is 3.31. The van der Waals surface area contributed by atoms with E-state index in [-0.39, 0.29) is 16.8 Å². The number of amides is 2. The van der Waals surface area contributed by atoms with Crippen molar-refractivity contribution in [1.82, 2.24) is 5.32 Å². The van der Waals surface area contributed by atoms with Gasteiger partial charge in [0.15, 0.2) is 0 Å². The lowest BCUT2D eigenvalue weighted by Crippen LogP contribution is -2.38. The zero-order chi connectivity index (χ0) is 12.3. The highest BCUT2D eigenvalue weighted by Crippen LogP contribution is 2.18. The second-order valence-electron chi connectivity index (χ2n) is 3.78. The fourth-order valence-corrected chi connectivity index (χ4v) is 1.74. The zero-order valence-electron chi connectivity index (χ0n) is 9.00. The van der Waals surface area contributed by atoms with E-state index in [0.717, 1.165) is 12.5 Å². The second-order valence-corrected chi connectivity index (χ2v) is 4.22. The molecular formula is C11H12ClFN2O2. The van der Waals surface area contributed by atoms with Gasteiger partial charge in [-0.2, -0.15) is 0 Å². The molecule has 1 saturated heterocycles. The summed E-state index contributed by atoms with van der Waals surface area (Å²) in [6.07, 6.45) is 0.774. The summed E-state index contributed by atoms with van der Waals surface area (Å²) in [4.78, 5) is 11.5. The van der Waals surface area contributed by atoms with Crippen molar-refractivity contribution < 1.29 is 13.9 Å². The summed E-state index contributed by atoms with van der Waals surface area (Å²) in [5.74, 6) is -0.560. The number of anilines is 1. The average molecular weight is 259 g/mol. The Hall–Kier alpha value is -1.33. The first-order chi connectivity index (χ1) is 8.15. The molecule has 1 unspecified atom stereocenters. The van der Waals surface area contributed by atoms with Gasteiger partial charge in [-0.15, -0.1) is 0 Å². The first-order valence-electron chi connectivity index (χ1n) is 5.25. The first kappa shape index (κ1) is 12.1. The Balaban J connectivity index is 1.93. The van der Waals surface area contributed by atoms with Gasteiger partial charge >= 0.3 is 6.03 Å². The average Bonchev–Trinajstić information content (AvgIpc) is 2.75. The molecule has 2 amide bonds. The largest absolute Gasteiger partial charge is 0.379 e. The molecule has 6 heteroatoms. The second kappa shape index (κ2) is 5.33. The summed E-state index contributed by atoms with van der Waals surface area (Å²) >= 11 is 5.61. The van der Waals surface area contributed by atoms with Crippen LogP contribution < -0.4 is 10.6 Å². The van der Waals surface area contributed by atoms with Crippen LogP contribution in [0.4, 0.5) is 14.9 Å². The molecule has 0 aliphatic carbocycles. The lowest BCUT2D eigenvalue weighted by Gasteiger charge is -2.12. The van der Waals surface area contributed by atoms with Gasteiger partial charge in [0, 0.05) is 11.6 Å². The van der Waals surface area contributed by atoms with Crippen LogP contribution in [0.5, 0.6) is 0 Å². The fraction of sp³-hybridized carbons (Fsp3) is 0.364. The molecule has 1 heterocycles. The van der Waals surface area contributed by atoms with E-state index in [4.69, 9.17) is 16.3 Å². The molecule has 1 fully saturated rings. The Morgan fingerprint density at radius 3 is 3.00 bits per heavy atom. The molecule has 2 N–H and O–H groups in total. The highest BCUT2D eigenvalue weighted by atomic mass is 35.5. The third-order valence-electron chi connectivity index (χ3n) is 2.44. The first-order valence-corrected chi connectivity index (χ1v) is 5.63. The molecule has 1 aliphatic rings. The van der Waals surface area contributed by atoms with Gasteiger partial charge in [0.05, 0.1) is 18.3 Å². The lowest BCUT2D eigenvalue weighted by molar-refractivity contribution is 0.189. The number of urea groups is 1. The summed E-state index contributed by atoms with van der Waals surface area (Å²) in [7, 11) is 0. The van der Waals surface area contributed by atoms with Crippen LogP contribution in [0.1, 0.15) is 6.42 Å². The van der Waals surface area contributed by atoms with E-state index in [1.807, 2.05) is 0 Å². The van der Waals surface area contributed by atoms with Crippen molar-refractivity contribution in [2.75, 3.05) is 18.5 Å². The number of carbonyl (C=O) groups excluding carboxylic acids is 1. The van der Waals surface area contributed by atoms with E-state index < -0.39 is 11.8 Å². The van der Waals surface area contributed by atoms with E-state index in [1.165, 1.54) is 12.1 Å². The number of benzene rings is 1. The molecule has 0 saturated carbocycles. The van der Waals surface area contributed by atoms with Crippen LogP contribution in [0.15, 0.2) is 18.2 Å².